The van der Waals surface area contributed by atoms with E-state index in [1.807, 2.05) is 13.8 Å². The fourth-order valence-electron chi connectivity index (χ4n) is 1.29. The summed E-state index contributed by atoms with van der Waals surface area (Å²) in [7, 11) is 0. The first-order valence-corrected chi connectivity index (χ1v) is 5.23. The number of carbonyl (C=O) groups excluding carboxylic acids is 2. The van der Waals surface area contributed by atoms with Gasteiger partial charge in [0.05, 0.1) is 6.54 Å². The van der Waals surface area contributed by atoms with Crippen LogP contribution in [-0.2, 0) is 9.59 Å². The average molecular weight is 252 g/mol. The van der Waals surface area contributed by atoms with Gasteiger partial charge in [-0.3, -0.25) is 9.59 Å². The molecule has 0 saturated carbocycles. The molecule has 0 radical (unpaired) electrons. The molecule has 0 aliphatic rings. The maximum absolute atomic E-state index is 11.6. The Morgan fingerprint density at radius 2 is 1.88 bits per heavy atom. The zero-order valence-corrected chi connectivity index (χ0v) is 10.8. The van der Waals surface area contributed by atoms with Gasteiger partial charge in [0, 0.05) is 13.0 Å². The Morgan fingerprint density at radius 1 is 1.31 bits per heavy atom. The smallest absolute Gasteiger partial charge is 0.237 e. The molecule has 0 aliphatic carbocycles. The normalized spacial score (nSPS) is 9.75. The lowest BCUT2D eigenvalue weighted by Gasteiger charge is -2.23. The van der Waals surface area contributed by atoms with Crippen LogP contribution in [0.2, 0.25) is 0 Å². The van der Waals surface area contributed by atoms with E-state index < -0.39 is 5.91 Å². The molecule has 16 heavy (non-hydrogen) atoms. The summed E-state index contributed by atoms with van der Waals surface area (Å²) in [6, 6.07) is 0. The highest BCUT2D eigenvalue weighted by Gasteiger charge is 2.16. The highest BCUT2D eigenvalue weighted by atomic mass is 35.5. The topological polar surface area (TPSA) is 89.4 Å². The number of carbonyl (C=O) groups is 2. The van der Waals surface area contributed by atoms with Crippen LogP contribution in [0.1, 0.15) is 26.7 Å². The molecule has 96 valence electrons. The van der Waals surface area contributed by atoms with Gasteiger partial charge in [-0.25, -0.2) is 0 Å². The Bertz CT molecular complexity index is 222. The summed E-state index contributed by atoms with van der Waals surface area (Å²) in [4.78, 5) is 23.9. The van der Waals surface area contributed by atoms with Crippen molar-refractivity contribution in [3.63, 3.8) is 0 Å². The van der Waals surface area contributed by atoms with Crippen molar-refractivity contribution in [2.45, 2.75) is 26.7 Å². The first-order chi connectivity index (χ1) is 6.97. The minimum atomic E-state index is -0.475. The summed E-state index contributed by atoms with van der Waals surface area (Å²) < 4.78 is 0. The van der Waals surface area contributed by atoms with Gasteiger partial charge in [-0.1, -0.05) is 13.8 Å². The standard InChI is InChI=1S/C10H21N3O2.ClH/c1-8(2)6-13(7-9(12)14)10(15)4-3-5-11;/h8H,3-7,11H2,1-2H3,(H2,12,14);1H. The molecule has 0 rings (SSSR count). The van der Waals surface area contributed by atoms with Crippen molar-refractivity contribution < 1.29 is 9.59 Å². The average Bonchev–Trinajstić information content (AvgIpc) is 2.11. The lowest BCUT2D eigenvalue weighted by molar-refractivity contribution is -0.135. The monoisotopic (exact) mass is 251 g/mol. The fraction of sp³-hybridized carbons (Fsp3) is 0.800. The van der Waals surface area contributed by atoms with E-state index in [9.17, 15) is 9.59 Å². The van der Waals surface area contributed by atoms with E-state index in [1.165, 1.54) is 4.90 Å². The highest BCUT2D eigenvalue weighted by Crippen LogP contribution is 2.02. The summed E-state index contributed by atoms with van der Waals surface area (Å²) in [6.45, 7) is 5.03. The van der Waals surface area contributed by atoms with Crippen LogP contribution < -0.4 is 11.5 Å². The molecular formula is C10H22ClN3O2. The van der Waals surface area contributed by atoms with Crippen LogP contribution in [0.3, 0.4) is 0 Å². The van der Waals surface area contributed by atoms with Gasteiger partial charge in [-0.05, 0) is 18.9 Å². The molecule has 0 aliphatic heterocycles. The van der Waals surface area contributed by atoms with Crippen molar-refractivity contribution in [2.24, 2.45) is 17.4 Å². The van der Waals surface area contributed by atoms with Crippen LogP contribution in [0, 0.1) is 5.92 Å². The molecule has 0 unspecified atom stereocenters. The molecule has 0 aromatic rings. The van der Waals surface area contributed by atoms with Crippen LogP contribution in [0.25, 0.3) is 0 Å². The maximum Gasteiger partial charge on any atom is 0.237 e. The molecule has 0 fully saturated rings. The zero-order chi connectivity index (χ0) is 11.8. The largest absolute Gasteiger partial charge is 0.368 e. The second-order valence-corrected chi connectivity index (χ2v) is 4.03. The molecular weight excluding hydrogens is 230 g/mol. The first-order valence-electron chi connectivity index (χ1n) is 5.23. The van der Waals surface area contributed by atoms with Crippen LogP contribution in [0.5, 0.6) is 0 Å². The fourth-order valence-corrected chi connectivity index (χ4v) is 1.29. The number of amides is 2. The van der Waals surface area contributed by atoms with Crippen LogP contribution in [0.4, 0.5) is 0 Å². The Morgan fingerprint density at radius 3 is 2.25 bits per heavy atom. The van der Waals surface area contributed by atoms with Gasteiger partial charge >= 0.3 is 0 Å². The minimum Gasteiger partial charge on any atom is -0.368 e. The van der Waals surface area contributed by atoms with Gasteiger partial charge in [0.15, 0.2) is 0 Å². The SMILES string of the molecule is CC(C)CN(CC(N)=O)C(=O)CCCN.Cl. The van der Waals surface area contributed by atoms with Gasteiger partial charge < -0.3 is 16.4 Å². The van der Waals surface area contributed by atoms with Crippen molar-refractivity contribution in [2.75, 3.05) is 19.6 Å². The van der Waals surface area contributed by atoms with Gasteiger partial charge in [-0.15, -0.1) is 12.4 Å². The number of primary amides is 1. The van der Waals surface area contributed by atoms with Gasteiger partial charge in [0.1, 0.15) is 0 Å². The van der Waals surface area contributed by atoms with E-state index in [0.717, 1.165) is 0 Å². The van der Waals surface area contributed by atoms with Gasteiger partial charge in [0.2, 0.25) is 11.8 Å². The minimum absolute atomic E-state index is 0. The van der Waals surface area contributed by atoms with E-state index in [1.54, 1.807) is 0 Å². The molecule has 0 atom stereocenters. The number of halogens is 1. The van der Waals surface area contributed by atoms with Crippen molar-refractivity contribution in [3.8, 4) is 0 Å². The van der Waals surface area contributed by atoms with E-state index in [2.05, 4.69) is 0 Å². The summed E-state index contributed by atoms with van der Waals surface area (Å²) in [5.74, 6) is -0.198. The lowest BCUT2D eigenvalue weighted by atomic mass is 10.2. The molecule has 5 nitrogen and oxygen atoms in total. The third kappa shape index (κ3) is 8.49. The predicted molar refractivity (Wildman–Crippen MR) is 66.1 cm³/mol. The zero-order valence-electron chi connectivity index (χ0n) is 9.94. The number of nitrogens with two attached hydrogens (primary N) is 2. The maximum atomic E-state index is 11.6. The molecule has 4 N–H and O–H groups in total. The second kappa shape index (κ2) is 9.42. The predicted octanol–water partition coefficient (Wildman–Crippen LogP) is 0.117. The third-order valence-electron chi connectivity index (χ3n) is 1.88. The number of rotatable bonds is 7. The molecule has 0 aromatic heterocycles. The number of nitrogens with zero attached hydrogens (tertiary/aromatic N) is 1. The Kier molecular flexibility index (Phi) is 10.3. The van der Waals surface area contributed by atoms with E-state index in [-0.39, 0.29) is 24.9 Å². The van der Waals surface area contributed by atoms with Gasteiger partial charge in [0.25, 0.3) is 0 Å². The number of hydrogen-bond donors (Lipinski definition) is 2. The van der Waals surface area contributed by atoms with Crippen LogP contribution in [0.15, 0.2) is 0 Å². The summed E-state index contributed by atoms with van der Waals surface area (Å²) in [5, 5.41) is 0. The summed E-state index contributed by atoms with van der Waals surface area (Å²) in [5.41, 5.74) is 10.4. The van der Waals surface area contributed by atoms with Crippen molar-refractivity contribution in [3.05, 3.63) is 0 Å². The van der Waals surface area contributed by atoms with E-state index in [0.29, 0.717) is 31.8 Å². The number of hydrogen-bond acceptors (Lipinski definition) is 3. The van der Waals surface area contributed by atoms with Crippen LogP contribution in [-0.4, -0.2) is 36.3 Å². The molecule has 0 saturated heterocycles. The quantitative estimate of drug-likeness (QED) is 0.673. The Balaban J connectivity index is 0. The molecule has 0 spiro atoms. The van der Waals surface area contributed by atoms with Gasteiger partial charge in [-0.2, -0.15) is 0 Å². The summed E-state index contributed by atoms with van der Waals surface area (Å²) >= 11 is 0. The summed E-state index contributed by atoms with van der Waals surface area (Å²) in [6.07, 6.45) is 1.03. The Hall–Kier alpha value is -0.810. The van der Waals surface area contributed by atoms with Crippen molar-refractivity contribution in [1.82, 2.24) is 4.90 Å². The Labute approximate surface area is 103 Å². The lowest BCUT2D eigenvalue weighted by Crippen LogP contribution is -2.40. The van der Waals surface area contributed by atoms with Crippen molar-refractivity contribution >= 4 is 24.2 Å². The van der Waals surface area contributed by atoms with E-state index >= 15 is 0 Å². The molecule has 6 heteroatoms. The first kappa shape index (κ1) is 17.6. The van der Waals surface area contributed by atoms with E-state index in [4.69, 9.17) is 11.5 Å². The molecule has 2 amide bonds. The second-order valence-electron chi connectivity index (χ2n) is 4.03. The van der Waals surface area contributed by atoms with Crippen molar-refractivity contribution in [1.29, 1.82) is 0 Å². The highest BCUT2D eigenvalue weighted by molar-refractivity contribution is 5.85. The third-order valence-corrected chi connectivity index (χ3v) is 1.88. The molecule has 0 bridgehead atoms. The molecule has 0 aromatic carbocycles. The van der Waals surface area contributed by atoms with Crippen LogP contribution >= 0.6 is 12.4 Å². The molecule has 0 heterocycles.